The van der Waals surface area contributed by atoms with Gasteiger partial charge in [-0.05, 0) is 56.0 Å². The molecular formula is C21H31N3O4. The number of piperidine rings is 1. The number of amides is 1. The fraction of sp³-hybridized carbons (Fsp3) is 0.619. The molecule has 2 heterocycles. The summed E-state index contributed by atoms with van der Waals surface area (Å²) in [6.45, 7) is 7.04. The number of anilines is 2. The van der Waals surface area contributed by atoms with Gasteiger partial charge in [-0.15, -0.1) is 0 Å². The average molecular weight is 389 g/mol. The highest BCUT2D eigenvalue weighted by atomic mass is 16.5. The highest BCUT2D eigenvalue weighted by molar-refractivity contribution is 6.02. The van der Waals surface area contributed by atoms with Gasteiger partial charge in [-0.1, -0.05) is 6.92 Å². The minimum absolute atomic E-state index is 0.0673. The molecule has 7 nitrogen and oxygen atoms in total. The Kier molecular flexibility index (Phi) is 7.28. The van der Waals surface area contributed by atoms with Gasteiger partial charge in [-0.25, -0.2) is 4.79 Å². The SMILES string of the molecule is COC(=O)c1cc(N2CCOCC2)ccc1NC(=O)CC(C)C1CCCNC1. The Labute approximate surface area is 166 Å². The van der Waals surface area contributed by atoms with Crippen molar-refractivity contribution in [1.29, 1.82) is 0 Å². The molecule has 154 valence electrons. The lowest BCUT2D eigenvalue weighted by molar-refractivity contribution is -0.117. The van der Waals surface area contributed by atoms with Crippen LogP contribution in [0.25, 0.3) is 0 Å². The molecule has 7 heteroatoms. The van der Waals surface area contributed by atoms with Crippen molar-refractivity contribution in [3.05, 3.63) is 23.8 Å². The van der Waals surface area contributed by atoms with Gasteiger partial charge in [0.1, 0.15) is 0 Å². The molecule has 2 aliphatic rings. The Morgan fingerprint density at radius 3 is 2.82 bits per heavy atom. The van der Waals surface area contributed by atoms with Gasteiger partial charge in [-0.2, -0.15) is 0 Å². The van der Waals surface area contributed by atoms with Gasteiger partial charge in [0.25, 0.3) is 0 Å². The Hall–Kier alpha value is -2.12. The van der Waals surface area contributed by atoms with Crippen molar-refractivity contribution in [2.24, 2.45) is 11.8 Å². The Morgan fingerprint density at radius 1 is 1.36 bits per heavy atom. The van der Waals surface area contributed by atoms with E-state index in [1.807, 2.05) is 6.07 Å². The summed E-state index contributed by atoms with van der Waals surface area (Å²) < 4.78 is 10.3. The van der Waals surface area contributed by atoms with Crippen LogP contribution < -0.4 is 15.5 Å². The first kappa shape index (κ1) is 20.6. The summed E-state index contributed by atoms with van der Waals surface area (Å²) >= 11 is 0. The standard InChI is InChI=1S/C21H31N3O4/c1-15(16-4-3-7-22-14-16)12-20(25)23-19-6-5-17(13-18(19)21(26)27-2)24-8-10-28-11-9-24/h5-6,13,15-16,22H,3-4,7-12,14H2,1-2H3,(H,23,25). The topological polar surface area (TPSA) is 79.9 Å². The third kappa shape index (κ3) is 5.23. The molecule has 2 atom stereocenters. The van der Waals surface area contributed by atoms with E-state index in [0.29, 0.717) is 42.7 Å². The van der Waals surface area contributed by atoms with E-state index >= 15 is 0 Å². The second kappa shape index (κ2) is 9.89. The van der Waals surface area contributed by atoms with E-state index in [0.717, 1.165) is 44.7 Å². The molecule has 2 unspecified atom stereocenters. The summed E-state index contributed by atoms with van der Waals surface area (Å²) in [6, 6.07) is 5.52. The maximum atomic E-state index is 12.6. The Balaban J connectivity index is 1.69. The van der Waals surface area contributed by atoms with Gasteiger partial charge in [0.05, 0.1) is 31.6 Å². The van der Waals surface area contributed by atoms with Gasteiger partial charge in [0.15, 0.2) is 0 Å². The van der Waals surface area contributed by atoms with Crippen LogP contribution >= 0.6 is 0 Å². The highest BCUT2D eigenvalue weighted by Crippen LogP contribution is 2.27. The fourth-order valence-electron chi connectivity index (χ4n) is 3.96. The minimum Gasteiger partial charge on any atom is -0.465 e. The zero-order valence-electron chi connectivity index (χ0n) is 16.8. The van der Waals surface area contributed by atoms with Crippen LogP contribution in [-0.4, -0.2) is 58.4 Å². The molecule has 0 bridgehead atoms. The van der Waals surface area contributed by atoms with Crippen LogP contribution in [-0.2, 0) is 14.3 Å². The van der Waals surface area contributed by atoms with E-state index < -0.39 is 5.97 Å². The van der Waals surface area contributed by atoms with Gasteiger partial charge in [-0.3, -0.25) is 4.79 Å². The third-order valence-corrected chi connectivity index (χ3v) is 5.71. The number of esters is 1. The first-order chi connectivity index (χ1) is 13.6. The lowest BCUT2D eigenvalue weighted by Crippen LogP contribution is -2.36. The van der Waals surface area contributed by atoms with E-state index in [4.69, 9.17) is 9.47 Å². The van der Waals surface area contributed by atoms with Crippen LogP contribution in [0.5, 0.6) is 0 Å². The lowest BCUT2D eigenvalue weighted by atomic mass is 9.85. The van der Waals surface area contributed by atoms with Gasteiger partial charge < -0.3 is 25.0 Å². The lowest BCUT2D eigenvalue weighted by Gasteiger charge is -2.29. The fourth-order valence-corrected chi connectivity index (χ4v) is 3.96. The molecule has 0 aliphatic carbocycles. The predicted octanol–water partition coefficient (Wildman–Crippen LogP) is 2.27. The van der Waals surface area contributed by atoms with Gasteiger partial charge in [0.2, 0.25) is 5.91 Å². The zero-order valence-corrected chi connectivity index (χ0v) is 16.8. The van der Waals surface area contributed by atoms with Gasteiger partial charge >= 0.3 is 5.97 Å². The van der Waals surface area contributed by atoms with Crippen LogP contribution in [0.1, 0.15) is 36.5 Å². The van der Waals surface area contributed by atoms with Crippen molar-refractivity contribution in [3.8, 4) is 0 Å². The molecule has 0 saturated carbocycles. The molecule has 3 rings (SSSR count). The smallest absolute Gasteiger partial charge is 0.340 e. The minimum atomic E-state index is -0.449. The molecule has 2 N–H and O–H groups in total. The largest absolute Gasteiger partial charge is 0.465 e. The molecule has 2 aliphatic heterocycles. The van der Waals surface area contributed by atoms with Crippen molar-refractivity contribution < 1.29 is 19.1 Å². The quantitative estimate of drug-likeness (QED) is 0.727. The summed E-state index contributed by atoms with van der Waals surface area (Å²) in [6.07, 6.45) is 2.76. The number of rotatable bonds is 6. The Morgan fingerprint density at radius 2 is 2.14 bits per heavy atom. The second-order valence-corrected chi connectivity index (χ2v) is 7.66. The third-order valence-electron chi connectivity index (χ3n) is 5.71. The molecule has 0 radical (unpaired) electrons. The highest BCUT2D eigenvalue weighted by Gasteiger charge is 2.23. The maximum absolute atomic E-state index is 12.6. The number of methoxy groups -OCH3 is 1. The van der Waals surface area contributed by atoms with Gasteiger partial charge in [0, 0.05) is 25.2 Å². The molecule has 0 spiro atoms. The number of carbonyl (C=O) groups excluding carboxylic acids is 2. The van der Waals surface area contributed by atoms with Crippen molar-refractivity contribution in [2.45, 2.75) is 26.2 Å². The van der Waals surface area contributed by atoms with E-state index in [-0.39, 0.29) is 5.91 Å². The number of nitrogens with one attached hydrogen (secondary N) is 2. The number of benzene rings is 1. The van der Waals surface area contributed by atoms with Crippen LogP contribution in [0.3, 0.4) is 0 Å². The summed E-state index contributed by atoms with van der Waals surface area (Å²) in [4.78, 5) is 27.1. The number of hydrogen-bond acceptors (Lipinski definition) is 6. The average Bonchev–Trinajstić information content (AvgIpc) is 2.74. The zero-order chi connectivity index (χ0) is 19.9. The molecule has 1 amide bonds. The van der Waals surface area contributed by atoms with Crippen molar-refractivity contribution in [1.82, 2.24) is 5.32 Å². The number of morpholine rings is 1. The number of hydrogen-bond donors (Lipinski definition) is 2. The van der Waals surface area contributed by atoms with Crippen LogP contribution in [0.2, 0.25) is 0 Å². The first-order valence-electron chi connectivity index (χ1n) is 10.1. The first-order valence-corrected chi connectivity index (χ1v) is 10.1. The molecule has 0 aromatic heterocycles. The molecule has 1 aromatic carbocycles. The molecule has 2 saturated heterocycles. The van der Waals surface area contributed by atoms with E-state index in [9.17, 15) is 9.59 Å². The van der Waals surface area contributed by atoms with Crippen LogP contribution in [0, 0.1) is 11.8 Å². The molecule has 1 aromatic rings. The summed E-state index contributed by atoms with van der Waals surface area (Å²) in [7, 11) is 1.35. The van der Waals surface area contributed by atoms with Crippen molar-refractivity contribution >= 4 is 23.3 Å². The monoisotopic (exact) mass is 389 g/mol. The number of nitrogens with zero attached hydrogens (tertiary/aromatic N) is 1. The van der Waals surface area contributed by atoms with Crippen molar-refractivity contribution in [3.63, 3.8) is 0 Å². The Bertz CT molecular complexity index is 682. The maximum Gasteiger partial charge on any atom is 0.340 e. The summed E-state index contributed by atoms with van der Waals surface area (Å²) in [5.74, 6) is 0.294. The summed E-state index contributed by atoms with van der Waals surface area (Å²) in [5.41, 5.74) is 1.82. The van der Waals surface area contributed by atoms with E-state index in [2.05, 4.69) is 22.5 Å². The summed E-state index contributed by atoms with van der Waals surface area (Å²) in [5, 5.41) is 6.32. The van der Waals surface area contributed by atoms with Crippen LogP contribution in [0.15, 0.2) is 18.2 Å². The second-order valence-electron chi connectivity index (χ2n) is 7.66. The molecular weight excluding hydrogens is 358 g/mol. The van der Waals surface area contributed by atoms with Crippen LogP contribution in [0.4, 0.5) is 11.4 Å². The predicted molar refractivity (Wildman–Crippen MR) is 109 cm³/mol. The van der Waals surface area contributed by atoms with E-state index in [1.54, 1.807) is 12.1 Å². The number of ether oxygens (including phenoxy) is 2. The molecule has 2 fully saturated rings. The molecule has 28 heavy (non-hydrogen) atoms. The van der Waals surface area contributed by atoms with E-state index in [1.165, 1.54) is 7.11 Å². The van der Waals surface area contributed by atoms with Crippen molar-refractivity contribution in [2.75, 3.05) is 56.7 Å². The normalized spacial score (nSPS) is 21.1. The number of carbonyl (C=O) groups is 2.